The van der Waals surface area contributed by atoms with Crippen molar-refractivity contribution in [3.8, 4) is 0 Å². The summed E-state index contributed by atoms with van der Waals surface area (Å²) in [7, 11) is 0. The van der Waals surface area contributed by atoms with Crippen molar-refractivity contribution in [2.45, 2.75) is 48.8 Å². The molecule has 0 amide bonds. The summed E-state index contributed by atoms with van der Waals surface area (Å²) in [5.74, 6) is 2.21. The van der Waals surface area contributed by atoms with Crippen molar-refractivity contribution in [2.75, 3.05) is 0 Å². The van der Waals surface area contributed by atoms with E-state index in [9.17, 15) is 5.11 Å². The molecule has 1 nitrogen and oxygen atoms in total. The van der Waals surface area contributed by atoms with Crippen LogP contribution in [-0.4, -0.2) is 25.7 Å². The first-order valence-corrected chi connectivity index (χ1v) is 6.36. The van der Waals surface area contributed by atoms with Crippen LogP contribution < -0.4 is 0 Å². The number of aliphatic hydroxyl groups is 1. The third kappa shape index (κ3) is 1.13. The van der Waals surface area contributed by atoms with Crippen molar-refractivity contribution >= 4 is 15.0 Å². The molecule has 0 aromatic carbocycles. The Balaban J connectivity index is 2.61. The van der Waals surface area contributed by atoms with E-state index in [1.165, 1.54) is 6.42 Å². The first kappa shape index (κ1) is 8.57. The van der Waals surface area contributed by atoms with E-state index in [0.717, 1.165) is 12.8 Å². The van der Waals surface area contributed by atoms with E-state index >= 15 is 0 Å². The Morgan fingerprint density at radius 3 is 2.00 bits per heavy atom. The van der Waals surface area contributed by atoms with Gasteiger partial charge in [0.1, 0.15) is 0 Å². The minimum atomic E-state index is -0.304. The molecule has 0 aliphatic heterocycles. The summed E-state index contributed by atoms with van der Waals surface area (Å²) in [4.78, 5) is 0. The summed E-state index contributed by atoms with van der Waals surface area (Å²) in [6.45, 7) is 4.37. The van der Waals surface area contributed by atoms with Crippen LogP contribution in [0.5, 0.6) is 0 Å². The summed E-state index contributed by atoms with van der Waals surface area (Å²) in [6.07, 6.45) is 3.27. The molecule has 0 saturated heterocycles. The topological polar surface area (TPSA) is 20.2 Å². The monoisotopic (exact) mass is 208 g/mol. The van der Waals surface area contributed by atoms with Crippen molar-refractivity contribution in [3.63, 3.8) is 0 Å². The fraction of sp³-hybridized carbons (Fsp3) is 1.00. The Bertz CT molecular complexity index is 118. The summed E-state index contributed by atoms with van der Waals surface area (Å²) < 4.78 is 0.193. The van der Waals surface area contributed by atoms with Gasteiger partial charge in [0.15, 0.2) is 0 Å². The summed E-state index contributed by atoms with van der Waals surface area (Å²) >= 11 is 0.558. The van der Waals surface area contributed by atoms with Crippen molar-refractivity contribution in [1.29, 1.82) is 0 Å². The molecule has 0 aromatic rings. The third-order valence-electron chi connectivity index (χ3n) is 2.81. The first-order valence-electron chi connectivity index (χ1n) is 3.79. The van der Waals surface area contributed by atoms with Crippen LogP contribution in [0.15, 0.2) is 0 Å². The number of rotatable bonds is 2. The maximum atomic E-state index is 9.95. The molecule has 60 valence electrons. The van der Waals surface area contributed by atoms with E-state index in [2.05, 4.69) is 19.7 Å². The van der Waals surface area contributed by atoms with Gasteiger partial charge in [-0.15, -0.1) is 0 Å². The number of hydrogen-bond donors (Lipinski definition) is 1. The second kappa shape index (κ2) is 2.51. The van der Waals surface area contributed by atoms with E-state index < -0.39 is 0 Å². The van der Waals surface area contributed by atoms with Gasteiger partial charge in [0, 0.05) is 0 Å². The van der Waals surface area contributed by atoms with E-state index in [0.29, 0.717) is 15.0 Å². The zero-order valence-electron chi connectivity index (χ0n) is 6.98. The number of hydrogen-bond acceptors (Lipinski definition) is 1. The Hall–Kier alpha value is 0.479. The second-order valence-corrected chi connectivity index (χ2v) is 6.60. The van der Waals surface area contributed by atoms with Gasteiger partial charge in [-0.2, -0.15) is 0 Å². The van der Waals surface area contributed by atoms with Crippen LogP contribution in [0.2, 0.25) is 10.1 Å². The van der Waals surface area contributed by atoms with Gasteiger partial charge < -0.3 is 0 Å². The van der Waals surface area contributed by atoms with Crippen molar-refractivity contribution in [3.05, 3.63) is 0 Å². The molecule has 0 spiro atoms. The van der Waals surface area contributed by atoms with Crippen LogP contribution in [0.4, 0.5) is 0 Å². The second-order valence-electron chi connectivity index (χ2n) is 3.60. The third-order valence-corrected chi connectivity index (χ3v) is 5.75. The molecule has 1 N–H and O–H groups in total. The molecular formula is C8H16OSe. The molecule has 0 bridgehead atoms. The SMILES string of the molecule is C[Se]C(C)(C)C1(O)CCC1. The van der Waals surface area contributed by atoms with Crippen LogP contribution in [0, 0.1) is 0 Å². The van der Waals surface area contributed by atoms with Crippen LogP contribution in [0.1, 0.15) is 33.1 Å². The Morgan fingerprint density at radius 2 is 1.90 bits per heavy atom. The average molecular weight is 207 g/mol. The molecule has 1 fully saturated rings. The van der Waals surface area contributed by atoms with Gasteiger partial charge in [0.2, 0.25) is 0 Å². The predicted octanol–water partition coefficient (Wildman–Crippen LogP) is 1.85. The molecule has 1 aliphatic carbocycles. The standard InChI is InChI=1S/C8H16OSe/c1-7(2,10-3)8(9)5-4-6-8/h9H,4-6H2,1-3H3. The molecule has 0 unspecified atom stereocenters. The van der Waals surface area contributed by atoms with E-state index in [1.54, 1.807) is 0 Å². The molecular weight excluding hydrogens is 191 g/mol. The van der Waals surface area contributed by atoms with Gasteiger partial charge in [0.05, 0.1) is 0 Å². The molecule has 0 radical (unpaired) electrons. The molecule has 1 aliphatic rings. The van der Waals surface area contributed by atoms with Gasteiger partial charge in [-0.05, 0) is 0 Å². The maximum absolute atomic E-state index is 9.95. The van der Waals surface area contributed by atoms with Gasteiger partial charge in [-0.25, -0.2) is 0 Å². The fourth-order valence-electron chi connectivity index (χ4n) is 1.30. The van der Waals surface area contributed by atoms with Crippen LogP contribution in [0.3, 0.4) is 0 Å². The molecule has 1 saturated carbocycles. The molecule has 0 heterocycles. The Morgan fingerprint density at radius 1 is 1.40 bits per heavy atom. The molecule has 1 rings (SSSR count). The van der Waals surface area contributed by atoms with Gasteiger partial charge in [0.25, 0.3) is 0 Å². The predicted molar refractivity (Wildman–Crippen MR) is 44.5 cm³/mol. The zero-order valence-corrected chi connectivity index (χ0v) is 8.69. The Kier molecular flexibility index (Phi) is 2.15. The summed E-state index contributed by atoms with van der Waals surface area (Å²) in [5, 5.41) is 9.95. The molecule has 10 heavy (non-hydrogen) atoms. The van der Waals surface area contributed by atoms with Crippen molar-refractivity contribution in [2.24, 2.45) is 0 Å². The van der Waals surface area contributed by atoms with Crippen LogP contribution >= 0.6 is 0 Å². The summed E-state index contributed by atoms with van der Waals surface area (Å²) in [5.41, 5.74) is -0.304. The first-order chi connectivity index (χ1) is 4.52. The Labute approximate surface area is 69.4 Å². The molecule has 0 atom stereocenters. The molecule has 0 aromatic heterocycles. The quantitative estimate of drug-likeness (QED) is 0.685. The van der Waals surface area contributed by atoms with Gasteiger partial charge in [-0.3, -0.25) is 0 Å². The van der Waals surface area contributed by atoms with E-state index in [-0.39, 0.29) is 9.91 Å². The molecule has 2 heteroatoms. The van der Waals surface area contributed by atoms with Crippen molar-refractivity contribution in [1.82, 2.24) is 0 Å². The van der Waals surface area contributed by atoms with Gasteiger partial charge >= 0.3 is 68.9 Å². The normalized spacial score (nSPS) is 24.0. The van der Waals surface area contributed by atoms with Crippen LogP contribution in [0.25, 0.3) is 0 Å². The van der Waals surface area contributed by atoms with E-state index in [1.807, 2.05) is 0 Å². The zero-order chi connectivity index (χ0) is 7.83. The summed E-state index contributed by atoms with van der Waals surface area (Å²) in [6, 6.07) is 0. The van der Waals surface area contributed by atoms with Crippen LogP contribution in [-0.2, 0) is 0 Å². The van der Waals surface area contributed by atoms with Gasteiger partial charge in [-0.1, -0.05) is 0 Å². The minimum absolute atomic E-state index is 0.193. The van der Waals surface area contributed by atoms with Crippen molar-refractivity contribution < 1.29 is 5.11 Å². The fourth-order valence-corrected chi connectivity index (χ4v) is 2.53. The van der Waals surface area contributed by atoms with E-state index in [4.69, 9.17) is 0 Å². The average Bonchev–Trinajstić information content (AvgIpc) is 1.82.